The molecule has 1 heteroatoms. The van der Waals surface area contributed by atoms with Crippen molar-refractivity contribution < 1.29 is 0 Å². The zero-order valence-electron chi connectivity index (χ0n) is 9.66. The van der Waals surface area contributed by atoms with Crippen molar-refractivity contribution in [2.45, 2.75) is 25.7 Å². The Morgan fingerprint density at radius 3 is 2.13 bits per heavy atom. The van der Waals surface area contributed by atoms with Crippen molar-refractivity contribution in [1.29, 1.82) is 0 Å². The van der Waals surface area contributed by atoms with Crippen LogP contribution in [0.3, 0.4) is 0 Å². The summed E-state index contributed by atoms with van der Waals surface area (Å²) in [6, 6.07) is 8.78. The van der Waals surface area contributed by atoms with Crippen LogP contribution in [0.15, 0.2) is 29.8 Å². The first-order valence-corrected chi connectivity index (χ1v) is 5.72. The van der Waals surface area contributed by atoms with Crippen molar-refractivity contribution in [3.05, 3.63) is 35.4 Å². The molecule has 0 unspecified atom stereocenters. The summed E-state index contributed by atoms with van der Waals surface area (Å²) in [6.07, 6.45) is 7.71. The smallest absolute Gasteiger partial charge is 0.0361 e. The minimum absolute atomic E-state index is 1.27. The van der Waals surface area contributed by atoms with Crippen molar-refractivity contribution in [3.63, 3.8) is 0 Å². The molecule has 0 spiro atoms. The Hall–Kier alpha value is -1.24. The monoisotopic (exact) mass is 201 g/mol. The summed E-state index contributed by atoms with van der Waals surface area (Å²) >= 11 is 0. The molecule has 0 saturated heterocycles. The Morgan fingerprint density at radius 1 is 1.00 bits per heavy atom. The maximum absolute atomic E-state index is 2.35. The van der Waals surface area contributed by atoms with Gasteiger partial charge in [-0.3, -0.25) is 0 Å². The van der Waals surface area contributed by atoms with E-state index in [4.69, 9.17) is 0 Å². The van der Waals surface area contributed by atoms with Crippen molar-refractivity contribution >= 4 is 11.8 Å². The van der Waals surface area contributed by atoms with Gasteiger partial charge in [0.2, 0.25) is 0 Å². The molecule has 2 rings (SSSR count). The minimum atomic E-state index is 1.27. The molecule has 1 aliphatic carbocycles. The Bertz CT molecular complexity index is 338. The molecule has 0 atom stereocenters. The fraction of sp³-hybridized carbons (Fsp3) is 0.429. The highest BCUT2D eigenvalue weighted by Crippen LogP contribution is 2.26. The molecule has 0 amide bonds. The summed E-state index contributed by atoms with van der Waals surface area (Å²) in [5.74, 6) is 0. The number of hydrogen-bond donors (Lipinski definition) is 0. The van der Waals surface area contributed by atoms with Crippen LogP contribution >= 0.6 is 0 Å². The number of anilines is 1. The van der Waals surface area contributed by atoms with Crippen LogP contribution in [0.5, 0.6) is 0 Å². The van der Waals surface area contributed by atoms with Crippen molar-refractivity contribution in [2.24, 2.45) is 0 Å². The molecule has 0 heterocycles. The van der Waals surface area contributed by atoms with Gasteiger partial charge in [0.15, 0.2) is 0 Å². The maximum atomic E-state index is 2.35. The molecule has 80 valence electrons. The Balaban J connectivity index is 2.13. The van der Waals surface area contributed by atoms with E-state index < -0.39 is 0 Å². The Kier molecular flexibility index (Phi) is 3.10. The lowest BCUT2D eigenvalue weighted by Crippen LogP contribution is -2.07. The van der Waals surface area contributed by atoms with Gasteiger partial charge >= 0.3 is 0 Å². The summed E-state index contributed by atoms with van der Waals surface area (Å²) in [5, 5.41) is 0. The topological polar surface area (TPSA) is 3.24 Å². The summed E-state index contributed by atoms with van der Waals surface area (Å²) in [5.41, 5.74) is 4.23. The third-order valence-corrected chi connectivity index (χ3v) is 3.03. The van der Waals surface area contributed by atoms with Gasteiger partial charge in [-0.15, -0.1) is 0 Å². The summed E-state index contributed by atoms with van der Waals surface area (Å²) in [7, 11) is 4.15. The van der Waals surface area contributed by atoms with E-state index in [0.29, 0.717) is 0 Å². The van der Waals surface area contributed by atoms with Crippen LogP contribution in [-0.2, 0) is 0 Å². The van der Waals surface area contributed by atoms with E-state index in [2.05, 4.69) is 49.3 Å². The minimum Gasteiger partial charge on any atom is -0.378 e. The Morgan fingerprint density at radius 2 is 1.60 bits per heavy atom. The molecule has 1 aliphatic rings. The normalized spacial score (nSPS) is 15.5. The molecule has 1 saturated carbocycles. The number of hydrogen-bond acceptors (Lipinski definition) is 1. The average molecular weight is 201 g/mol. The van der Waals surface area contributed by atoms with Crippen molar-refractivity contribution in [1.82, 2.24) is 0 Å². The van der Waals surface area contributed by atoms with Gasteiger partial charge in [0.05, 0.1) is 0 Å². The molecule has 15 heavy (non-hydrogen) atoms. The number of benzene rings is 1. The fourth-order valence-electron chi connectivity index (χ4n) is 2.08. The molecule has 1 aromatic rings. The van der Waals surface area contributed by atoms with Crippen LogP contribution in [0, 0.1) is 0 Å². The van der Waals surface area contributed by atoms with Gasteiger partial charge < -0.3 is 4.90 Å². The van der Waals surface area contributed by atoms with E-state index in [0.717, 1.165) is 0 Å². The number of rotatable bonds is 2. The molecule has 0 N–H and O–H groups in total. The summed E-state index contributed by atoms with van der Waals surface area (Å²) in [6.45, 7) is 0. The quantitative estimate of drug-likeness (QED) is 0.705. The van der Waals surface area contributed by atoms with Gasteiger partial charge in [-0.1, -0.05) is 23.8 Å². The van der Waals surface area contributed by atoms with E-state index in [1.807, 2.05) is 0 Å². The Labute approximate surface area is 92.4 Å². The number of allylic oxidation sites excluding steroid dienone is 1. The van der Waals surface area contributed by atoms with Gasteiger partial charge in [0, 0.05) is 19.8 Å². The van der Waals surface area contributed by atoms with E-state index in [1.165, 1.54) is 36.9 Å². The lowest BCUT2D eigenvalue weighted by atomic mass is 10.1. The van der Waals surface area contributed by atoms with Crippen molar-refractivity contribution in [2.75, 3.05) is 19.0 Å². The predicted octanol–water partition coefficient (Wildman–Crippen LogP) is 3.71. The summed E-state index contributed by atoms with van der Waals surface area (Å²) in [4.78, 5) is 2.13. The lowest BCUT2D eigenvalue weighted by molar-refractivity contribution is 0.886. The van der Waals surface area contributed by atoms with Crippen LogP contribution in [-0.4, -0.2) is 14.1 Å². The molecule has 0 aliphatic heterocycles. The second kappa shape index (κ2) is 4.52. The van der Waals surface area contributed by atoms with Crippen LogP contribution in [0.25, 0.3) is 6.08 Å². The van der Waals surface area contributed by atoms with Crippen molar-refractivity contribution in [3.8, 4) is 0 Å². The van der Waals surface area contributed by atoms with Crippen LogP contribution < -0.4 is 4.90 Å². The first kappa shape index (κ1) is 10.3. The fourth-order valence-corrected chi connectivity index (χ4v) is 2.08. The van der Waals surface area contributed by atoms with Crippen LogP contribution in [0.4, 0.5) is 5.69 Å². The zero-order chi connectivity index (χ0) is 10.7. The largest absolute Gasteiger partial charge is 0.378 e. The van der Waals surface area contributed by atoms with Crippen LogP contribution in [0.2, 0.25) is 0 Å². The van der Waals surface area contributed by atoms with Gasteiger partial charge in [0.25, 0.3) is 0 Å². The third-order valence-electron chi connectivity index (χ3n) is 3.03. The van der Waals surface area contributed by atoms with Crippen LogP contribution in [0.1, 0.15) is 31.2 Å². The molecule has 1 nitrogen and oxygen atoms in total. The lowest BCUT2D eigenvalue weighted by Gasteiger charge is -2.11. The van der Waals surface area contributed by atoms with Gasteiger partial charge in [-0.2, -0.15) is 0 Å². The SMILES string of the molecule is CN(C)c1ccc(C=C2CCCC2)cc1. The number of nitrogens with zero attached hydrogens (tertiary/aromatic N) is 1. The standard InChI is InChI=1S/C14H19N/c1-15(2)14-9-7-13(8-10-14)11-12-5-3-4-6-12/h7-11H,3-6H2,1-2H3. The van der Waals surface area contributed by atoms with Gasteiger partial charge in [-0.05, 0) is 43.4 Å². The van der Waals surface area contributed by atoms with Gasteiger partial charge in [-0.25, -0.2) is 0 Å². The molecular formula is C14H19N. The molecule has 0 radical (unpaired) electrons. The zero-order valence-corrected chi connectivity index (χ0v) is 9.66. The molecular weight excluding hydrogens is 182 g/mol. The molecule has 0 aromatic heterocycles. The molecule has 0 bridgehead atoms. The van der Waals surface area contributed by atoms with E-state index in [9.17, 15) is 0 Å². The molecule has 1 aromatic carbocycles. The second-order valence-electron chi connectivity index (χ2n) is 4.50. The summed E-state index contributed by atoms with van der Waals surface area (Å²) < 4.78 is 0. The van der Waals surface area contributed by atoms with E-state index >= 15 is 0 Å². The maximum Gasteiger partial charge on any atom is 0.0361 e. The van der Waals surface area contributed by atoms with E-state index in [-0.39, 0.29) is 0 Å². The first-order chi connectivity index (χ1) is 7.25. The second-order valence-corrected chi connectivity index (χ2v) is 4.50. The van der Waals surface area contributed by atoms with E-state index in [1.54, 1.807) is 5.57 Å². The van der Waals surface area contributed by atoms with Gasteiger partial charge in [0.1, 0.15) is 0 Å². The third kappa shape index (κ3) is 2.62. The highest BCUT2D eigenvalue weighted by molar-refractivity contribution is 5.57. The predicted molar refractivity (Wildman–Crippen MR) is 67.2 cm³/mol. The highest BCUT2D eigenvalue weighted by atomic mass is 15.1. The highest BCUT2D eigenvalue weighted by Gasteiger charge is 2.05. The average Bonchev–Trinajstić information content (AvgIpc) is 2.71. The first-order valence-electron chi connectivity index (χ1n) is 5.72. The molecule has 1 fully saturated rings.